The molecule has 4 aliphatic carbocycles. The molecule has 0 heterocycles. The first-order valence-electron chi connectivity index (χ1n) is 13.0. The highest BCUT2D eigenvalue weighted by Crippen LogP contribution is 2.72. The molecular formula is C28H38O9. The summed E-state index contributed by atoms with van der Waals surface area (Å²) in [6.07, 6.45) is -1.31. The Hall–Kier alpha value is -2.71. The first kappa shape index (κ1) is 27.3. The van der Waals surface area contributed by atoms with Crippen molar-refractivity contribution in [1.82, 2.24) is 0 Å². The number of fused-ring (bicyclic) bond motifs is 3. The molecule has 0 aromatic heterocycles. The third kappa shape index (κ3) is 3.91. The maximum absolute atomic E-state index is 14.3. The Morgan fingerprint density at radius 3 is 1.86 bits per heavy atom. The minimum Gasteiger partial charge on any atom is -0.462 e. The zero-order valence-electron chi connectivity index (χ0n) is 22.8. The zero-order valence-corrected chi connectivity index (χ0v) is 22.8. The molecule has 37 heavy (non-hydrogen) atoms. The van der Waals surface area contributed by atoms with Crippen molar-refractivity contribution >= 4 is 29.7 Å². The van der Waals surface area contributed by atoms with Crippen LogP contribution in [0.2, 0.25) is 0 Å². The Morgan fingerprint density at radius 1 is 0.784 bits per heavy atom. The molecule has 204 valence electrons. The van der Waals surface area contributed by atoms with Crippen molar-refractivity contribution in [3.05, 3.63) is 12.2 Å². The Balaban J connectivity index is 2.01. The van der Waals surface area contributed by atoms with E-state index < -0.39 is 71.0 Å². The summed E-state index contributed by atoms with van der Waals surface area (Å²) in [5, 5.41) is 0. The van der Waals surface area contributed by atoms with E-state index in [1.807, 2.05) is 6.92 Å². The van der Waals surface area contributed by atoms with Crippen LogP contribution < -0.4 is 0 Å². The van der Waals surface area contributed by atoms with Crippen LogP contribution in [0.5, 0.6) is 0 Å². The molecule has 0 amide bonds. The Bertz CT molecular complexity index is 1060. The van der Waals surface area contributed by atoms with Gasteiger partial charge >= 0.3 is 23.9 Å². The summed E-state index contributed by atoms with van der Waals surface area (Å²) in [5.41, 5.74) is -2.26. The van der Waals surface area contributed by atoms with Crippen LogP contribution in [0.4, 0.5) is 0 Å². The molecule has 4 unspecified atom stereocenters. The first-order valence-corrected chi connectivity index (χ1v) is 13.0. The lowest BCUT2D eigenvalue weighted by Crippen LogP contribution is -2.72. The van der Waals surface area contributed by atoms with Gasteiger partial charge in [-0.25, -0.2) is 0 Å². The van der Waals surface area contributed by atoms with Gasteiger partial charge < -0.3 is 18.9 Å². The number of ketones is 1. The molecular weight excluding hydrogens is 480 g/mol. The molecule has 9 atom stereocenters. The Morgan fingerprint density at radius 2 is 1.32 bits per heavy atom. The highest BCUT2D eigenvalue weighted by molar-refractivity contribution is 6.05. The molecule has 0 saturated heterocycles. The quantitative estimate of drug-likeness (QED) is 0.313. The van der Waals surface area contributed by atoms with Crippen LogP contribution in [0.15, 0.2) is 12.2 Å². The molecule has 4 saturated carbocycles. The number of carbonyl (C=O) groups is 5. The molecule has 4 aliphatic rings. The molecule has 0 aromatic rings. The van der Waals surface area contributed by atoms with Gasteiger partial charge in [-0.3, -0.25) is 24.0 Å². The SMILES string of the molecule is C=C1C(=O)C23C(C[C@@H](OC(C)=O)C1[C@@H]2OC(C)=O)[C@]1(C)C(C[C@@H]3OC(C)=O)C(C)(C)CC[C@H]1OC(C)=O. The van der Waals surface area contributed by atoms with Gasteiger partial charge in [0.15, 0.2) is 5.78 Å². The second kappa shape index (κ2) is 8.95. The minimum atomic E-state index is -1.44. The molecule has 0 N–H and O–H groups in total. The van der Waals surface area contributed by atoms with Crippen LogP contribution in [0.1, 0.15) is 74.1 Å². The molecule has 1 spiro atoms. The van der Waals surface area contributed by atoms with Gasteiger partial charge in [0.05, 0.1) is 5.92 Å². The van der Waals surface area contributed by atoms with Crippen molar-refractivity contribution in [2.75, 3.05) is 0 Å². The second-order valence-corrected chi connectivity index (χ2v) is 12.2. The van der Waals surface area contributed by atoms with E-state index in [2.05, 4.69) is 20.4 Å². The zero-order chi connectivity index (χ0) is 27.7. The highest BCUT2D eigenvalue weighted by Gasteiger charge is 2.79. The molecule has 0 aromatic carbocycles. The molecule has 0 aliphatic heterocycles. The van der Waals surface area contributed by atoms with Gasteiger partial charge in [-0.2, -0.15) is 0 Å². The largest absolute Gasteiger partial charge is 0.462 e. The van der Waals surface area contributed by atoms with E-state index in [9.17, 15) is 24.0 Å². The van der Waals surface area contributed by atoms with Gasteiger partial charge in [-0.1, -0.05) is 27.4 Å². The lowest BCUT2D eigenvalue weighted by molar-refractivity contribution is -0.271. The summed E-state index contributed by atoms with van der Waals surface area (Å²) < 4.78 is 23.5. The maximum Gasteiger partial charge on any atom is 0.302 e. The fraction of sp³-hybridized carbons (Fsp3) is 0.750. The van der Waals surface area contributed by atoms with Crippen LogP contribution in [-0.4, -0.2) is 54.1 Å². The van der Waals surface area contributed by atoms with E-state index in [4.69, 9.17) is 18.9 Å². The van der Waals surface area contributed by atoms with Gasteiger partial charge in [0.25, 0.3) is 0 Å². The summed E-state index contributed by atoms with van der Waals surface area (Å²) >= 11 is 0. The summed E-state index contributed by atoms with van der Waals surface area (Å²) in [6, 6.07) is 0. The number of ether oxygens (including phenoxy) is 4. The standard InChI is InChI=1S/C28H38O9/c1-13-23-18(34-14(2)29)11-20-27(8)19(26(6,7)10-9-21(27)35-15(3)30)12-22(36-16(4)31)28(20,24(13)33)25(23)37-17(5)32/h18-23,25H,1,9-12H2,2-8H3/t18-,19?,20?,21-,22+,23?,25+,27+,28?/m1/s1. The van der Waals surface area contributed by atoms with Crippen LogP contribution in [0.25, 0.3) is 0 Å². The van der Waals surface area contributed by atoms with Crippen molar-refractivity contribution in [2.45, 2.75) is 98.6 Å². The number of hydrogen-bond donors (Lipinski definition) is 0. The predicted molar refractivity (Wildman–Crippen MR) is 130 cm³/mol. The fourth-order valence-electron chi connectivity index (χ4n) is 8.63. The van der Waals surface area contributed by atoms with Gasteiger partial charge in [-0.05, 0) is 48.5 Å². The van der Waals surface area contributed by atoms with Crippen molar-refractivity contribution in [3.8, 4) is 0 Å². The summed E-state index contributed by atoms with van der Waals surface area (Å²) in [6.45, 7) is 15.6. The van der Waals surface area contributed by atoms with Crippen LogP contribution in [-0.2, 0) is 42.9 Å². The van der Waals surface area contributed by atoms with Crippen LogP contribution >= 0.6 is 0 Å². The Labute approximate surface area is 217 Å². The van der Waals surface area contributed by atoms with E-state index in [-0.39, 0.29) is 29.1 Å². The van der Waals surface area contributed by atoms with Crippen LogP contribution in [0.3, 0.4) is 0 Å². The summed E-state index contributed by atoms with van der Waals surface area (Å²) in [4.78, 5) is 63.5. The topological polar surface area (TPSA) is 122 Å². The van der Waals surface area contributed by atoms with Gasteiger partial charge in [0.2, 0.25) is 0 Å². The van der Waals surface area contributed by atoms with Gasteiger partial charge in [-0.15, -0.1) is 0 Å². The highest BCUT2D eigenvalue weighted by atomic mass is 16.6. The third-order valence-electron chi connectivity index (χ3n) is 9.73. The average Bonchev–Trinajstić information content (AvgIpc) is 2.89. The summed E-state index contributed by atoms with van der Waals surface area (Å²) in [5.74, 6) is -3.93. The predicted octanol–water partition coefficient (Wildman–Crippen LogP) is 3.32. The van der Waals surface area contributed by atoms with E-state index in [0.717, 1.165) is 6.42 Å². The smallest absolute Gasteiger partial charge is 0.302 e. The lowest BCUT2D eigenvalue weighted by atomic mass is 9.38. The van der Waals surface area contributed by atoms with Crippen molar-refractivity contribution in [3.63, 3.8) is 0 Å². The van der Waals surface area contributed by atoms with E-state index >= 15 is 0 Å². The molecule has 0 radical (unpaired) electrons. The summed E-state index contributed by atoms with van der Waals surface area (Å²) in [7, 11) is 0. The number of esters is 4. The number of carbonyl (C=O) groups excluding carboxylic acids is 5. The van der Waals surface area contributed by atoms with Crippen molar-refractivity contribution in [1.29, 1.82) is 0 Å². The Kier molecular flexibility index (Phi) is 6.61. The van der Waals surface area contributed by atoms with Crippen molar-refractivity contribution < 1.29 is 42.9 Å². The van der Waals surface area contributed by atoms with E-state index in [1.54, 1.807) is 0 Å². The monoisotopic (exact) mass is 518 g/mol. The normalized spacial score (nSPS) is 41.6. The first-order chi connectivity index (χ1) is 17.1. The van der Waals surface area contributed by atoms with Gasteiger partial charge in [0, 0.05) is 33.1 Å². The molecule has 2 bridgehead atoms. The maximum atomic E-state index is 14.3. The van der Waals surface area contributed by atoms with Gasteiger partial charge in [0.1, 0.15) is 29.8 Å². The fourth-order valence-corrected chi connectivity index (χ4v) is 8.63. The average molecular weight is 519 g/mol. The number of rotatable bonds is 4. The molecule has 9 heteroatoms. The lowest BCUT2D eigenvalue weighted by Gasteiger charge is -2.67. The molecule has 9 nitrogen and oxygen atoms in total. The van der Waals surface area contributed by atoms with E-state index in [1.165, 1.54) is 27.7 Å². The molecule has 4 rings (SSSR count). The van der Waals surface area contributed by atoms with E-state index in [0.29, 0.717) is 12.8 Å². The number of Topliss-reactive ketones (excluding diaryl/α,β-unsaturated/α-hetero) is 1. The third-order valence-corrected chi connectivity index (χ3v) is 9.73. The molecule has 4 fully saturated rings. The minimum absolute atomic E-state index is 0.118. The second-order valence-electron chi connectivity index (χ2n) is 12.2. The van der Waals surface area contributed by atoms with Crippen molar-refractivity contribution in [2.24, 2.45) is 34.0 Å². The number of hydrogen-bond acceptors (Lipinski definition) is 9. The van der Waals surface area contributed by atoms with Crippen LogP contribution in [0, 0.1) is 34.0 Å².